The number of nitrogens with one attached hydrogen (secondary N) is 1. The van der Waals surface area contributed by atoms with Gasteiger partial charge in [-0.3, -0.25) is 4.79 Å². The van der Waals surface area contributed by atoms with Crippen LogP contribution in [0.4, 0.5) is 10.5 Å². The summed E-state index contributed by atoms with van der Waals surface area (Å²) in [5.74, 6) is 0.0463. The third kappa shape index (κ3) is 4.07. The third-order valence-corrected chi connectivity index (χ3v) is 5.01. The predicted molar refractivity (Wildman–Crippen MR) is 96.9 cm³/mol. The third-order valence-electron chi connectivity index (χ3n) is 3.90. The van der Waals surface area contributed by atoms with E-state index in [1.165, 1.54) is 11.3 Å². The number of halogens is 1. The molecule has 1 aliphatic rings. The van der Waals surface area contributed by atoms with Crippen LogP contribution < -0.4 is 5.32 Å². The second-order valence-corrected chi connectivity index (χ2v) is 6.93. The Balaban J connectivity index is 1.57. The van der Waals surface area contributed by atoms with Crippen LogP contribution in [0.1, 0.15) is 16.1 Å². The van der Waals surface area contributed by atoms with Crippen molar-refractivity contribution in [2.24, 2.45) is 0 Å². The van der Waals surface area contributed by atoms with Gasteiger partial charge in [-0.15, -0.1) is 11.3 Å². The number of carbonyl (C=O) groups excluding carboxylic acids is 2. The molecule has 0 atom stereocenters. The molecule has 0 saturated carbocycles. The second-order valence-electron chi connectivity index (χ2n) is 5.55. The van der Waals surface area contributed by atoms with Crippen LogP contribution in [0.5, 0.6) is 0 Å². The zero-order chi connectivity index (χ0) is 16.9. The first kappa shape index (κ1) is 16.8. The highest BCUT2D eigenvalue weighted by Crippen LogP contribution is 2.16. The maximum absolute atomic E-state index is 12.4. The maximum Gasteiger partial charge on any atom is 0.321 e. The topological polar surface area (TPSA) is 52.7 Å². The second kappa shape index (κ2) is 7.68. The standard InChI is InChI=1S/C17H18ClN3O2S/c18-13-4-6-14(7-5-13)19-17(23)21-9-2-8-20(10-11-21)16(22)15-3-1-12-24-15/h1,3-7,12H,2,8-11H2,(H,19,23). The molecule has 1 saturated heterocycles. The number of hydrogen-bond acceptors (Lipinski definition) is 3. The zero-order valence-corrected chi connectivity index (χ0v) is 14.6. The minimum Gasteiger partial charge on any atom is -0.336 e. The first-order chi connectivity index (χ1) is 11.6. The molecule has 1 fully saturated rings. The first-order valence-corrected chi connectivity index (χ1v) is 9.03. The highest BCUT2D eigenvalue weighted by atomic mass is 35.5. The molecular formula is C17H18ClN3O2S. The van der Waals surface area contributed by atoms with Gasteiger partial charge in [-0.2, -0.15) is 0 Å². The number of amides is 3. The Morgan fingerprint density at radius 2 is 1.71 bits per heavy atom. The molecule has 1 aliphatic heterocycles. The molecule has 24 heavy (non-hydrogen) atoms. The molecule has 1 N–H and O–H groups in total. The Kier molecular flexibility index (Phi) is 5.37. The number of benzene rings is 1. The lowest BCUT2D eigenvalue weighted by Crippen LogP contribution is -2.39. The Morgan fingerprint density at radius 3 is 2.42 bits per heavy atom. The number of urea groups is 1. The van der Waals surface area contributed by atoms with Crippen molar-refractivity contribution in [2.45, 2.75) is 6.42 Å². The van der Waals surface area contributed by atoms with Gasteiger partial charge >= 0.3 is 6.03 Å². The van der Waals surface area contributed by atoms with E-state index in [2.05, 4.69) is 5.32 Å². The van der Waals surface area contributed by atoms with Crippen molar-refractivity contribution in [3.8, 4) is 0 Å². The molecular weight excluding hydrogens is 346 g/mol. The average Bonchev–Trinajstić information content (AvgIpc) is 3.00. The SMILES string of the molecule is O=C(Nc1ccc(Cl)cc1)N1CCCN(C(=O)c2cccs2)CC1. The predicted octanol–water partition coefficient (Wildman–Crippen LogP) is 3.78. The number of hydrogen-bond donors (Lipinski definition) is 1. The summed E-state index contributed by atoms with van der Waals surface area (Å²) >= 11 is 7.29. The van der Waals surface area contributed by atoms with E-state index < -0.39 is 0 Å². The van der Waals surface area contributed by atoms with Crippen molar-refractivity contribution in [1.29, 1.82) is 0 Å². The Morgan fingerprint density at radius 1 is 1.00 bits per heavy atom. The van der Waals surface area contributed by atoms with Crippen molar-refractivity contribution >= 4 is 40.6 Å². The lowest BCUT2D eigenvalue weighted by atomic mass is 10.3. The lowest BCUT2D eigenvalue weighted by Gasteiger charge is -2.22. The minimum atomic E-state index is -0.150. The Labute approximate surface area is 149 Å². The summed E-state index contributed by atoms with van der Waals surface area (Å²) in [7, 11) is 0. The van der Waals surface area contributed by atoms with Crippen LogP contribution in [-0.2, 0) is 0 Å². The smallest absolute Gasteiger partial charge is 0.321 e. The number of carbonyl (C=O) groups is 2. The summed E-state index contributed by atoms with van der Waals surface area (Å²) in [5, 5.41) is 5.40. The Hall–Kier alpha value is -2.05. The van der Waals surface area contributed by atoms with Crippen LogP contribution in [0.25, 0.3) is 0 Å². The van der Waals surface area contributed by atoms with Gasteiger partial charge in [0.05, 0.1) is 4.88 Å². The molecule has 126 valence electrons. The van der Waals surface area contributed by atoms with Crippen LogP contribution >= 0.6 is 22.9 Å². The van der Waals surface area contributed by atoms with E-state index in [9.17, 15) is 9.59 Å². The normalized spacial score (nSPS) is 15.0. The highest BCUT2D eigenvalue weighted by molar-refractivity contribution is 7.12. The van der Waals surface area contributed by atoms with Gasteiger partial charge in [0.2, 0.25) is 0 Å². The molecule has 1 aromatic carbocycles. The quantitative estimate of drug-likeness (QED) is 0.882. The minimum absolute atomic E-state index is 0.0463. The summed E-state index contributed by atoms with van der Waals surface area (Å²) in [6.07, 6.45) is 0.769. The molecule has 3 rings (SSSR count). The van der Waals surface area contributed by atoms with Gasteiger partial charge in [0.25, 0.3) is 5.91 Å². The summed E-state index contributed by atoms with van der Waals surface area (Å²) in [6, 6.07) is 10.6. The largest absolute Gasteiger partial charge is 0.336 e. The highest BCUT2D eigenvalue weighted by Gasteiger charge is 2.23. The molecule has 3 amide bonds. The summed E-state index contributed by atoms with van der Waals surface area (Å²) in [4.78, 5) is 29.1. The molecule has 0 unspecified atom stereocenters. The van der Waals surface area contributed by atoms with Crippen LogP contribution in [-0.4, -0.2) is 47.9 Å². The van der Waals surface area contributed by atoms with Gasteiger partial charge < -0.3 is 15.1 Å². The van der Waals surface area contributed by atoms with E-state index in [1.807, 2.05) is 22.4 Å². The van der Waals surface area contributed by atoms with E-state index in [0.29, 0.717) is 36.9 Å². The van der Waals surface area contributed by atoms with Crippen molar-refractivity contribution in [3.63, 3.8) is 0 Å². The molecule has 0 aliphatic carbocycles. The van der Waals surface area contributed by atoms with Crippen LogP contribution in [0.15, 0.2) is 41.8 Å². The van der Waals surface area contributed by atoms with E-state index >= 15 is 0 Å². The number of anilines is 1. The van der Waals surface area contributed by atoms with Gasteiger partial charge in [-0.05, 0) is 42.1 Å². The number of nitrogens with zero attached hydrogens (tertiary/aromatic N) is 2. The summed E-state index contributed by atoms with van der Waals surface area (Å²) in [5.41, 5.74) is 0.708. The Bertz CT molecular complexity index is 703. The summed E-state index contributed by atoms with van der Waals surface area (Å²) in [6.45, 7) is 2.37. The average molecular weight is 364 g/mol. The fourth-order valence-electron chi connectivity index (χ4n) is 2.62. The lowest BCUT2D eigenvalue weighted by molar-refractivity contribution is 0.0767. The van der Waals surface area contributed by atoms with Crippen LogP contribution in [0.3, 0.4) is 0 Å². The molecule has 2 heterocycles. The van der Waals surface area contributed by atoms with Gasteiger partial charge in [0, 0.05) is 36.9 Å². The van der Waals surface area contributed by atoms with Gasteiger partial charge in [-0.25, -0.2) is 4.79 Å². The van der Waals surface area contributed by atoms with E-state index in [4.69, 9.17) is 11.6 Å². The van der Waals surface area contributed by atoms with E-state index in [-0.39, 0.29) is 11.9 Å². The molecule has 0 bridgehead atoms. The molecule has 7 heteroatoms. The van der Waals surface area contributed by atoms with Crippen LogP contribution in [0, 0.1) is 0 Å². The number of rotatable bonds is 2. The molecule has 2 aromatic rings. The maximum atomic E-state index is 12.4. The van der Waals surface area contributed by atoms with E-state index in [1.54, 1.807) is 29.2 Å². The molecule has 5 nitrogen and oxygen atoms in total. The molecule has 0 spiro atoms. The zero-order valence-electron chi connectivity index (χ0n) is 13.1. The fourth-order valence-corrected chi connectivity index (χ4v) is 3.43. The van der Waals surface area contributed by atoms with Crippen molar-refractivity contribution in [3.05, 3.63) is 51.7 Å². The van der Waals surface area contributed by atoms with Crippen molar-refractivity contribution in [1.82, 2.24) is 9.80 Å². The molecule has 0 radical (unpaired) electrons. The van der Waals surface area contributed by atoms with Crippen molar-refractivity contribution < 1.29 is 9.59 Å². The number of thiophene rings is 1. The van der Waals surface area contributed by atoms with Crippen LogP contribution in [0.2, 0.25) is 5.02 Å². The fraction of sp³-hybridized carbons (Fsp3) is 0.294. The van der Waals surface area contributed by atoms with Gasteiger partial charge in [0.15, 0.2) is 0 Å². The first-order valence-electron chi connectivity index (χ1n) is 7.78. The van der Waals surface area contributed by atoms with E-state index in [0.717, 1.165) is 11.3 Å². The summed E-state index contributed by atoms with van der Waals surface area (Å²) < 4.78 is 0. The molecule has 1 aromatic heterocycles. The van der Waals surface area contributed by atoms with Gasteiger partial charge in [0.1, 0.15) is 0 Å². The monoisotopic (exact) mass is 363 g/mol. The van der Waals surface area contributed by atoms with Gasteiger partial charge in [-0.1, -0.05) is 17.7 Å². The van der Waals surface area contributed by atoms with Crippen molar-refractivity contribution in [2.75, 3.05) is 31.5 Å².